The lowest BCUT2D eigenvalue weighted by atomic mass is 10.1. The van der Waals surface area contributed by atoms with Crippen LogP contribution in [0.15, 0.2) is 102 Å². The van der Waals surface area contributed by atoms with E-state index in [2.05, 4.69) is 52.4 Å². The van der Waals surface area contributed by atoms with E-state index in [9.17, 15) is 4.79 Å². The Balaban J connectivity index is 0.000000137. The van der Waals surface area contributed by atoms with Crippen LogP contribution in [-0.2, 0) is 12.1 Å². The molecule has 0 bridgehead atoms. The molecule has 0 saturated heterocycles. The van der Waals surface area contributed by atoms with Crippen molar-refractivity contribution in [2.24, 2.45) is 11.5 Å². The van der Waals surface area contributed by atoms with Crippen LogP contribution in [0.1, 0.15) is 58.1 Å². The number of rotatable bonds is 6. The minimum Gasteiger partial charge on any atom is -0.361 e. The minimum atomic E-state index is -0.308. The quantitative estimate of drug-likeness (QED) is 0.290. The van der Waals surface area contributed by atoms with E-state index in [-0.39, 0.29) is 17.1 Å². The molecule has 4 aromatic rings. The molecule has 0 radical (unpaired) electrons. The molecule has 7 heteroatoms. The summed E-state index contributed by atoms with van der Waals surface area (Å²) in [7, 11) is 0. The van der Waals surface area contributed by atoms with E-state index in [0.717, 1.165) is 18.4 Å². The molecule has 2 aliphatic rings. The molecular formula is C30H35N5O2. The SMILES string of the molecule is Cc1cc(C(=O)NNCc2ccccc2)no1.NC1(c2ccccc2)CC1.N[C@@H]1C[C@H]1c1ccccc1. The minimum absolute atomic E-state index is 0.0429. The normalized spacial score (nSPS) is 18.4. The van der Waals surface area contributed by atoms with Crippen LogP contribution in [0.3, 0.4) is 0 Å². The van der Waals surface area contributed by atoms with E-state index in [4.69, 9.17) is 16.0 Å². The maximum absolute atomic E-state index is 11.6. The smallest absolute Gasteiger partial charge is 0.287 e. The summed E-state index contributed by atoms with van der Waals surface area (Å²) in [6, 6.07) is 32.6. The molecule has 6 N–H and O–H groups in total. The number of benzene rings is 3. The van der Waals surface area contributed by atoms with Gasteiger partial charge in [-0.1, -0.05) is 96.2 Å². The van der Waals surface area contributed by atoms with Crippen LogP contribution in [0.2, 0.25) is 0 Å². The second kappa shape index (κ2) is 12.5. The number of aromatic nitrogens is 1. The third kappa shape index (κ3) is 8.11. The molecule has 1 heterocycles. The van der Waals surface area contributed by atoms with Gasteiger partial charge in [0.15, 0.2) is 5.69 Å². The van der Waals surface area contributed by atoms with Crippen molar-refractivity contribution in [1.82, 2.24) is 16.0 Å². The fourth-order valence-electron chi connectivity index (χ4n) is 3.85. The molecule has 7 nitrogen and oxygen atoms in total. The Kier molecular flexibility index (Phi) is 8.85. The van der Waals surface area contributed by atoms with E-state index >= 15 is 0 Å². The number of amides is 1. The number of hydrazine groups is 1. The van der Waals surface area contributed by atoms with Gasteiger partial charge in [-0.3, -0.25) is 10.2 Å². The zero-order chi connectivity index (χ0) is 26.1. The van der Waals surface area contributed by atoms with Crippen molar-refractivity contribution >= 4 is 5.91 Å². The zero-order valence-electron chi connectivity index (χ0n) is 21.1. The summed E-state index contributed by atoms with van der Waals surface area (Å²) in [5, 5.41) is 3.61. The van der Waals surface area contributed by atoms with Gasteiger partial charge >= 0.3 is 0 Å². The lowest BCUT2D eigenvalue weighted by Crippen LogP contribution is -2.36. The molecule has 3 aromatic carbocycles. The first-order chi connectivity index (χ1) is 17.9. The van der Waals surface area contributed by atoms with Gasteiger partial charge in [0.1, 0.15) is 5.76 Å². The van der Waals surface area contributed by atoms with Crippen LogP contribution in [0.25, 0.3) is 0 Å². The summed E-state index contributed by atoms with van der Waals surface area (Å²) < 4.78 is 4.81. The molecule has 0 aliphatic heterocycles. The summed E-state index contributed by atoms with van der Waals surface area (Å²) in [4.78, 5) is 11.6. The average Bonchev–Trinajstić information content (AvgIpc) is 3.83. The molecule has 1 aromatic heterocycles. The second-order valence-electron chi connectivity index (χ2n) is 9.55. The first-order valence-electron chi connectivity index (χ1n) is 12.6. The van der Waals surface area contributed by atoms with E-state index in [1.807, 2.05) is 54.6 Å². The van der Waals surface area contributed by atoms with Gasteiger partial charge in [0, 0.05) is 30.1 Å². The zero-order valence-corrected chi connectivity index (χ0v) is 21.1. The van der Waals surface area contributed by atoms with Gasteiger partial charge in [-0.05, 0) is 42.9 Å². The molecule has 0 spiro atoms. The third-order valence-corrected chi connectivity index (χ3v) is 6.40. The lowest BCUT2D eigenvalue weighted by Gasteiger charge is -2.06. The van der Waals surface area contributed by atoms with Crippen LogP contribution >= 0.6 is 0 Å². The summed E-state index contributed by atoms with van der Waals surface area (Å²) in [5.41, 5.74) is 21.1. The Labute approximate surface area is 218 Å². The largest absolute Gasteiger partial charge is 0.361 e. The summed E-state index contributed by atoms with van der Waals surface area (Å²) in [6.07, 6.45) is 3.47. The molecule has 0 unspecified atom stereocenters. The topological polar surface area (TPSA) is 119 Å². The van der Waals surface area contributed by atoms with Gasteiger partial charge < -0.3 is 16.0 Å². The van der Waals surface area contributed by atoms with Crippen molar-refractivity contribution in [3.63, 3.8) is 0 Å². The molecule has 2 fully saturated rings. The number of hydrogen-bond acceptors (Lipinski definition) is 6. The van der Waals surface area contributed by atoms with Crippen molar-refractivity contribution in [3.05, 3.63) is 125 Å². The number of aryl methyl sites for hydroxylation is 1. The Morgan fingerprint density at radius 1 is 0.973 bits per heavy atom. The van der Waals surface area contributed by atoms with Crippen molar-refractivity contribution in [1.29, 1.82) is 0 Å². The number of nitrogens with zero attached hydrogens (tertiary/aromatic N) is 1. The van der Waals surface area contributed by atoms with Crippen LogP contribution in [-0.4, -0.2) is 17.1 Å². The summed E-state index contributed by atoms with van der Waals surface area (Å²) in [5.74, 6) is 0.956. The lowest BCUT2D eigenvalue weighted by molar-refractivity contribution is 0.0923. The first-order valence-corrected chi connectivity index (χ1v) is 12.6. The van der Waals surface area contributed by atoms with E-state index in [1.54, 1.807) is 13.0 Å². The summed E-state index contributed by atoms with van der Waals surface area (Å²) >= 11 is 0. The Hall–Kier alpha value is -3.78. The van der Waals surface area contributed by atoms with Crippen LogP contribution in [0.4, 0.5) is 0 Å². The highest BCUT2D eigenvalue weighted by atomic mass is 16.5. The number of hydrogen-bond donors (Lipinski definition) is 4. The molecule has 6 rings (SSSR count). The van der Waals surface area contributed by atoms with Crippen molar-refractivity contribution in [3.8, 4) is 0 Å². The maximum Gasteiger partial charge on any atom is 0.287 e. The Morgan fingerprint density at radius 2 is 1.54 bits per heavy atom. The molecule has 192 valence electrons. The van der Waals surface area contributed by atoms with E-state index in [0.29, 0.717) is 24.3 Å². The molecule has 2 saturated carbocycles. The first kappa shape index (κ1) is 26.3. The fraction of sp³-hybridized carbons (Fsp3) is 0.267. The predicted octanol–water partition coefficient (Wildman–Crippen LogP) is 4.55. The standard InChI is InChI=1S/C12H13N3O2.2C9H11N/c1-9-7-11(15-17-9)12(16)14-13-8-10-5-3-2-4-6-10;10-9(6-7-9)8-4-2-1-3-5-8;10-9-6-8(9)7-4-2-1-3-5-7/h2-7,13H,8H2,1H3,(H,14,16);1-5H,6-7,10H2;1-5,8-9H,6,10H2/t;;8-,9+/m..0/s1. The number of carbonyl (C=O) groups excluding carboxylic acids is 1. The van der Waals surface area contributed by atoms with Crippen molar-refractivity contribution in [2.45, 2.75) is 50.2 Å². The van der Waals surface area contributed by atoms with Gasteiger partial charge in [0.2, 0.25) is 0 Å². The summed E-state index contributed by atoms with van der Waals surface area (Å²) in [6.45, 7) is 2.30. The Bertz CT molecular complexity index is 1240. The highest BCUT2D eigenvalue weighted by Crippen LogP contribution is 2.42. The molecule has 1 amide bonds. The maximum atomic E-state index is 11.6. The number of nitrogens with one attached hydrogen (secondary N) is 2. The third-order valence-electron chi connectivity index (χ3n) is 6.40. The van der Waals surface area contributed by atoms with Crippen LogP contribution in [0, 0.1) is 6.92 Å². The highest BCUT2D eigenvalue weighted by molar-refractivity contribution is 5.91. The van der Waals surface area contributed by atoms with Gasteiger partial charge in [0.25, 0.3) is 5.91 Å². The van der Waals surface area contributed by atoms with Gasteiger partial charge in [-0.15, -0.1) is 0 Å². The fourth-order valence-corrected chi connectivity index (χ4v) is 3.85. The highest BCUT2D eigenvalue weighted by Gasteiger charge is 2.39. The van der Waals surface area contributed by atoms with Crippen molar-refractivity contribution in [2.75, 3.05) is 0 Å². The molecule has 2 atom stereocenters. The van der Waals surface area contributed by atoms with Gasteiger partial charge in [0.05, 0.1) is 0 Å². The van der Waals surface area contributed by atoms with E-state index in [1.165, 1.54) is 17.5 Å². The number of nitrogens with two attached hydrogens (primary N) is 2. The van der Waals surface area contributed by atoms with Crippen LogP contribution in [0.5, 0.6) is 0 Å². The van der Waals surface area contributed by atoms with Crippen LogP contribution < -0.4 is 22.3 Å². The molecular weight excluding hydrogens is 462 g/mol. The molecule has 37 heavy (non-hydrogen) atoms. The molecule has 2 aliphatic carbocycles. The van der Waals surface area contributed by atoms with E-state index < -0.39 is 0 Å². The van der Waals surface area contributed by atoms with Crippen molar-refractivity contribution < 1.29 is 9.32 Å². The average molecular weight is 498 g/mol. The predicted molar refractivity (Wildman–Crippen MR) is 145 cm³/mol. The van der Waals surface area contributed by atoms with Gasteiger partial charge in [-0.2, -0.15) is 0 Å². The van der Waals surface area contributed by atoms with Gasteiger partial charge in [-0.25, -0.2) is 5.43 Å². The monoisotopic (exact) mass is 497 g/mol. The Morgan fingerprint density at radius 3 is 2.05 bits per heavy atom. The number of carbonyl (C=O) groups is 1. The second-order valence-corrected chi connectivity index (χ2v) is 9.55.